The SMILES string of the molecule is COc1cccc(N2CCN(C(=O)[C@H]3CCC(=O)N(C4CC4)C3)CC2=O)c1. The molecule has 3 fully saturated rings. The maximum atomic E-state index is 12.9. The van der Waals surface area contributed by atoms with Crippen molar-refractivity contribution in [3.8, 4) is 5.75 Å². The predicted molar refractivity (Wildman–Crippen MR) is 99.4 cm³/mol. The van der Waals surface area contributed by atoms with Crippen LogP contribution in [0, 0.1) is 5.92 Å². The molecule has 0 bridgehead atoms. The van der Waals surface area contributed by atoms with E-state index in [9.17, 15) is 14.4 Å². The Bertz CT molecular complexity index is 761. The van der Waals surface area contributed by atoms with Gasteiger partial charge in [-0.3, -0.25) is 14.4 Å². The van der Waals surface area contributed by atoms with E-state index in [-0.39, 0.29) is 30.2 Å². The molecule has 1 aromatic rings. The summed E-state index contributed by atoms with van der Waals surface area (Å²) in [4.78, 5) is 42.9. The summed E-state index contributed by atoms with van der Waals surface area (Å²) in [6, 6.07) is 7.72. The van der Waals surface area contributed by atoms with Crippen LogP contribution < -0.4 is 9.64 Å². The van der Waals surface area contributed by atoms with Gasteiger partial charge < -0.3 is 19.4 Å². The van der Waals surface area contributed by atoms with Gasteiger partial charge in [0.1, 0.15) is 12.3 Å². The van der Waals surface area contributed by atoms with Crippen LogP contribution in [-0.2, 0) is 14.4 Å². The number of hydrogen-bond donors (Lipinski definition) is 0. The number of anilines is 1. The number of benzene rings is 1. The fourth-order valence-corrected chi connectivity index (χ4v) is 3.98. The Labute approximate surface area is 158 Å². The average Bonchev–Trinajstić information content (AvgIpc) is 3.53. The topological polar surface area (TPSA) is 70.2 Å². The Hall–Kier alpha value is -2.57. The zero-order valence-electron chi connectivity index (χ0n) is 15.6. The molecule has 1 aliphatic carbocycles. The fraction of sp³-hybridized carbons (Fsp3) is 0.550. The fourth-order valence-electron chi connectivity index (χ4n) is 3.98. The van der Waals surface area contributed by atoms with Crippen molar-refractivity contribution in [2.45, 2.75) is 31.7 Å². The van der Waals surface area contributed by atoms with E-state index < -0.39 is 0 Å². The molecular formula is C20H25N3O4. The van der Waals surface area contributed by atoms with Crippen LogP contribution in [0.25, 0.3) is 0 Å². The lowest BCUT2D eigenvalue weighted by Crippen LogP contribution is -2.55. The summed E-state index contributed by atoms with van der Waals surface area (Å²) >= 11 is 0. The van der Waals surface area contributed by atoms with Gasteiger partial charge >= 0.3 is 0 Å². The Morgan fingerprint density at radius 1 is 1.11 bits per heavy atom. The second-order valence-corrected chi connectivity index (χ2v) is 7.52. The second-order valence-electron chi connectivity index (χ2n) is 7.52. The van der Waals surface area contributed by atoms with Crippen molar-refractivity contribution in [2.75, 3.05) is 38.2 Å². The van der Waals surface area contributed by atoms with Crippen molar-refractivity contribution in [1.29, 1.82) is 0 Å². The number of piperazine rings is 1. The number of nitrogens with zero attached hydrogens (tertiary/aromatic N) is 3. The minimum Gasteiger partial charge on any atom is -0.497 e. The van der Waals surface area contributed by atoms with Crippen molar-refractivity contribution in [1.82, 2.24) is 9.80 Å². The maximum absolute atomic E-state index is 12.9. The highest BCUT2D eigenvalue weighted by Crippen LogP contribution is 2.32. The predicted octanol–water partition coefficient (Wildman–Crippen LogP) is 1.27. The van der Waals surface area contributed by atoms with Gasteiger partial charge in [-0.2, -0.15) is 0 Å². The molecule has 0 spiro atoms. The first-order valence-corrected chi connectivity index (χ1v) is 9.59. The lowest BCUT2D eigenvalue weighted by atomic mass is 9.95. The number of piperidine rings is 1. The zero-order chi connectivity index (χ0) is 19.0. The van der Waals surface area contributed by atoms with Crippen LogP contribution in [0.2, 0.25) is 0 Å². The Balaban J connectivity index is 1.39. The van der Waals surface area contributed by atoms with Crippen LogP contribution in [0.1, 0.15) is 25.7 Å². The lowest BCUT2D eigenvalue weighted by Gasteiger charge is -2.38. The van der Waals surface area contributed by atoms with E-state index in [0.29, 0.717) is 44.3 Å². The highest BCUT2D eigenvalue weighted by atomic mass is 16.5. The van der Waals surface area contributed by atoms with Gasteiger partial charge in [0.25, 0.3) is 0 Å². The summed E-state index contributed by atoms with van der Waals surface area (Å²) in [5.74, 6) is 0.603. The summed E-state index contributed by atoms with van der Waals surface area (Å²) in [6.07, 6.45) is 3.12. The Kier molecular flexibility index (Phi) is 4.76. The van der Waals surface area contributed by atoms with Gasteiger partial charge in [0.15, 0.2) is 0 Å². The van der Waals surface area contributed by atoms with Crippen LogP contribution in [0.15, 0.2) is 24.3 Å². The monoisotopic (exact) mass is 371 g/mol. The average molecular weight is 371 g/mol. The van der Waals surface area contributed by atoms with Gasteiger partial charge in [-0.15, -0.1) is 0 Å². The van der Waals surface area contributed by atoms with Gasteiger partial charge in [-0.25, -0.2) is 0 Å². The van der Waals surface area contributed by atoms with Gasteiger partial charge in [0.2, 0.25) is 17.7 Å². The van der Waals surface area contributed by atoms with Gasteiger partial charge in [0, 0.05) is 43.9 Å². The quantitative estimate of drug-likeness (QED) is 0.799. The number of likely N-dealkylation sites (tertiary alicyclic amines) is 1. The normalized spacial score (nSPS) is 23.6. The Morgan fingerprint density at radius 3 is 2.63 bits per heavy atom. The zero-order valence-corrected chi connectivity index (χ0v) is 15.6. The number of hydrogen-bond acceptors (Lipinski definition) is 4. The number of amides is 3. The van der Waals surface area contributed by atoms with Crippen LogP contribution >= 0.6 is 0 Å². The highest BCUT2D eigenvalue weighted by Gasteiger charge is 2.40. The summed E-state index contributed by atoms with van der Waals surface area (Å²) in [6.45, 7) is 1.57. The smallest absolute Gasteiger partial charge is 0.246 e. The lowest BCUT2D eigenvalue weighted by molar-refractivity contribution is -0.146. The molecular weight excluding hydrogens is 346 g/mol. The summed E-state index contributed by atoms with van der Waals surface area (Å²) in [5.41, 5.74) is 0.787. The molecule has 7 heteroatoms. The maximum Gasteiger partial charge on any atom is 0.246 e. The third-order valence-corrected chi connectivity index (χ3v) is 5.68. The first-order chi connectivity index (χ1) is 13.1. The molecule has 1 saturated carbocycles. The highest BCUT2D eigenvalue weighted by molar-refractivity contribution is 5.98. The van der Waals surface area contributed by atoms with Gasteiger partial charge in [-0.1, -0.05) is 6.07 Å². The van der Waals surface area contributed by atoms with Crippen molar-refractivity contribution >= 4 is 23.4 Å². The molecule has 3 amide bonds. The molecule has 0 unspecified atom stereocenters. The van der Waals surface area contributed by atoms with Crippen LogP contribution in [0.5, 0.6) is 5.75 Å². The van der Waals surface area contributed by atoms with Crippen molar-refractivity contribution in [3.05, 3.63) is 24.3 Å². The van der Waals surface area contributed by atoms with E-state index in [1.807, 2.05) is 29.2 Å². The molecule has 2 saturated heterocycles. The molecule has 4 rings (SSSR count). The molecule has 27 heavy (non-hydrogen) atoms. The van der Waals surface area contributed by atoms with Crippen molar-refractivity contribution in [3.63, 3.8) is 0 Å². The number of carbonyl (C=O) groups excluding carboxylic acids is 3. The van der Waals surface area contributed by atoms with Crippen molar-refractivity contribution in [2.24, 2.45) is 5.92 Å². The minimum atomic E-state index is -0.181. The number of rotatable bonds is 4. The van der Waals surface area contributed by atoms with Gasteiger partial charge in [-0.05, 0) is 31.4 Å². The third kappa shape index (κ3) is 3.63. The largest absolute Gasteiger partial charge is 0.497 e. The van der Waals surface area contributed by atoms with Crippen LogP contribution in [0.3, 0.4) is 0 Å². The molecule has 0 aromatic heterocycles. The van der Waals surface area contributed by atoms with E-state index in [2.05, 4.69) is 0 Å². The molecule has 3 aliphatic rings. The second kappa shape index (κ2) is 7.21. The number of methoxy groups -OCH3 is 1. The molecule has 2 aliphatic heterocycles. The molecule has 1 aromatic carbocycles. The minimum absolute atomic E-state index is 0.00629. The molecule has 144 valence electrons. The van der Waals surface area contributed by atoms with E-state index in [4.69, 9.17) is 4.74 Å². The van der Waals surface area contributed by atoms with Gasteiger partial charge in [0.05, 0.1) is 13.0 Å². The number of ether oxygens (including phenoxy) is 1. The van der Waals surface area contributed by atoms with E-state index in [1.165, 1.54) is 0 Å². The van der Waals surface area contributed by atoms with Crippen molar-refractivity contribution < 1.29 is 19.1 Å². The van der Waals surface area contributed by atoms with Crippen LogP contribution in [-0.4, -0.2) is 66.9 Å². The summed E-state index contributed by atoms with van der Waals surface area (Å²) in [5, 5.41) is 0. The third-order valence-electron chi connectivity index (χ3n) is 5.68. The Morgan fingerprint density at radius 2 is 1.93 bits per heavy atom. The number of carbonyl (C=O) groups is 3. The first-order valence-electron chi connectivity index (χ1n) is 9.59. The van der Waals surface area contributed by atoms with E-state index in [0.717, 1.165) is 18.5 Å². The molecule has 2 heterocycles. The molecule has 0 radical (unpaired) electrons. The standard InChI is InChI=1S/C20H25N3O4/c1-27-17-4-2-3-16(11-17)22-10-9-21(13-19(22)25)20(26)14-5-8-18(24)23(12-14)15-6-7-15/h2-4,11,14-15H,5-10,12-13H2,1H3/t14-/m0/s1. The van der Waals surface area contributed by atoms with E-state index in [1.54, 1.807) is 16.9 Å². The first kappa shape index (κ1) is 17.8. The molecule has 7 nitrogen and oxygen atoms in total. The summed E-state index contributed by atoms with van der Waals surface area (Å²) < 4.78 is 5.23. The van der Waals surface area contributed by atoms with E-state index >= 15 is 0 Å². The molecule has 0 N–H and O–H groups in total. The molecule has 1 atom stereocenters. The summed E-state index contributed by atoms with van der Waals surface area (Å²) in [7, 11) is 1.59. The van der Waals surface area contributed by atoms with Crippen LogP contribution in [0.4, 0.5) is 5.69 Å².